The fraction of sp³-hybridized carbons (Fsp3) is 0.435. The summed E-state index contributed by atoms with van der Waals surface area (Å²) in [7, 11) is 0. The van der Waals surface area contributed by atoms with Gasteiger partial charge in [-0.05, 0) is 61.1 Å². The Balaban J connectivity index is 1.40. The van der Waals surface area contributed by atoms with Gasteiger partial charge in [-0.15, -0.1) is 0 Å². The fourth-order valence-electron chi connectivity index (χ4n) is 4.49. The lowest BCUT2D eigenvalue weighted by Gasteiger charge is -2.36. The van der Waals surface area contributed by atoms with Crippen molar-refractivity contribution in [1.82, 2.24) is 14.8 Å². The van der Waals surface area contributed by atoms with Gasteiger partial charge < -0.3 is 9.80 Å². The molecule has 2 saturated heterocycles. The maximum absolute atomic E-state index is 13.3. The van der Waals surface area contributed by atoms with Crippen molar-refractivity contribution in [3.05, 3.63) is 65.7 Å². The third-order valence-corrected chi connectivity index (χ3v) is 6.02. The summed E-state index contributed by atoms with van der Waals surface area (Å²) in [6.45, 7) is 1.92. The molecular formula is C23H26FN3O2. The van der Waals surface area contributed by atoms with Crippen molar-refractivity contribution in [3.63, 3.8) is 0 Å². The Hall–Kier alpha value is -2.76. The molecule has 5 nitrogen and oxygen atoms in total. The normalized spacial score (nSPS) is 22.0. The summed E-state index contributed by atoms with van der Waals surface area (Å²) < 4.78 is 13.1. The second-order valence-corrected chi connectivity index (χ2v) is 7.95. The number of piperidine rings is 1. The van der Waals surface area contributed by atoms with Crippen molar-refractivity contribution in [2.45, 2.75) is 38.1 Å². The number of rotatable bonds is 4. The highest BCUT2D eigenvalue weighted by Crippen LogP contribution is 2.34. The highest BCUT2D eigenvalue weighted by Gasteiger charge is 2.36. The second kappa shape index (κ2) is 8.72. The SMILES string of the molecule is O=C(Cc1ccc(F)cc1)N1CCC[C@H](C(=O)N2CCC[C@H]2c2ccncc2)C1. The number of pyridine rings is 1. The molecule has 2 atom stereocenters. The van der Waals surface area contributed by atoms with E-state index >= 15 is 0 Å². The third kappa shape index (κ3) is 4.47. The summed E-state index contributed by atoms with van der Waals surface area (Å²) in [6.07, 6.45) is 7.40. The number of benzene rings is 1. The lowest BCUT2D eigenvalue weighted by Crippen LogP contribution is -2.47. The first kappa shape index (κ1) is 19.6. The van der Waals surface area contributed by atoms with Crippen molar-refractivity contribution in [2.24, 2.45) is 5.92 Å². The van der Waals surface area contributed by atoms with E-state index in [1.54, 1.807) is 29.4 Å². The van der Waals surface area contributed by atoms with E-state index in [1.165, 1.54) is 12.1 Å². The summed E-state index contributed by atoms with van der Waals surface area (Å²) in [6, 6.07) is 10.1. The van der Waals surface area contributed by atoms with Crippen LogP contribution in [0.1, 0.15) is 42.9 Å². The summed E-state index contributed by atoms with van der Waals surface area (Å²) in [5.41, 5.74) is 1.92. The van der Waals surface area contributed by atoms with Gasteiger partial charge in [-0.2, -0.15) is 0 Å². The first-order valence-electron chi connectivity index (χ1n) is 10.3. The fourth-order valence-corrected chi connectivity index (χ4v) is 4.49. The molecule has 2 aliphatic heterocycles. The Kier molecular flexibility index (Phi) is 5.88. The minimum atomic E-state index is -0.306. The predicted molar refractivity (Wildman–Crippen MR) is 107 cm³/mol. The van der Waals surface area contributed by atoms with Crippen molar-refractivity contribution in [3.8, 4) is 0 Å². The molecule has 0 unspecified atom stereocenters. The molecule has 0 aliphatic carbocycles. The molecule has 0 N–H and O–H groups in total. The average molecular weight is 395 g/mol. The van der Waals surface area contributed by atoms with Gasteiger partial charge in [0.1, 0.15) is 5.82 Å². The number of carbonyl (C=O) groups is 2. The van der Waals surface area contributed by atoms with Crippen LogP contribution in [0.5, 0.6) is 0 Å². The van der Waals surface area contributed by atoms with Crippen molar-refractivity contribution in [2.75, 3.05) is 19.6 Å². The summed E-state index contributed by atoms with van der Waals surface area (Å²) in [5.74, 6) is -0.299. The molecule has 2 aliphatic rings. The Morgan fingerprint density at radius 1 is 1.00 bits per heavy atom. The van der Waals surface area contributed by atoms with Gasteiger partial charge in [-0.1, -0.05) is 12.1 Å². The minimum absolute atomic E-state index is 0.00112. The van der Waals surface area contributed by atoms with Crippen LogP contribution < -0.4 is 0 Å². The molecule has 1 aromatic heterocycles. The molecule has 0 bridgehead atoms. The lowest BCUT2D eigenvalue weighted by atomic mass is 9.95. The first-order chi connectivity index (χ1) is 14.1. The van der Waals surface area contributed by atoms with Crippen LogP contribution in [0.15, 0.2) is 48.8 Å². The second-order valence-electron chi connectivity index (χ2n) is 7.95. The maximum atomic E-state index is 13.3. The predicted octanol–water partition coefficient (Wildman–Crippen LogP) is 3.37. The topological polar surface area (TPSA) is 53.5 Å². The number of halogens is 1. The van der Waals surface area contributed by atoms with Crippen LogP contribution in [0.2, 0.25) is 0 Å². The van der Waals surface area contributed by atoms with Crippen molar-refractivity contribution < 1.29 is 14.0 Å². The number of carbonyl (C=O) groups excluding carboxylic acids is 2. The van der Waals surface area contributed by atoms with E-state index in [0.717, 1.165) is 43.4 Å². The zero-order chi connectivity index (χ0) is 20.2. The number of likely N-dealkylation sites (tertiary alicyclic amines) is 2. The Bertz CT molecular complexity index is 856. The van der Waals surface area contributed by atoms with Crippen LogP contribution in [-0.2, 0) is 16.0 Å². The first-order valence-corrected chi connectivity index (χ1v) is 10.3. The molecule has 152 valence electrons. The Morgan fingerprint density at radius 3 is 2.48 bits per heavy atom. The molecule has 0 radical (unpaired) electrons. The van der Waals surface area contributed by atoms with Gasteiger partial charge in [0.15, 0.2) is 0 Å². The van der Waals surface area contributed by atoms with Crippen molar-refractivity contribution >= 4 is 11.8 Å². The Labute approximate surface area is 170 Å². The molecule has 1 aromatic carbocycles. The van der Waals surface area contributed by atoms with E-state index in [4.69, 9.17) is 0 Å². The van der Waals surface area contributed by atoms with Gasteiger partial charge in [-0.25, -0.2) is 4.39 Å². The molecule has 0 saturated carbocycles. The van der Waals surface area contributed by atoms with Crippen LogP contribution in [0.25, 0.3) is 0 Å². The van der Waals surface area contributed by atoms with Crippen LogP contribution in [-0.4, -0.2) is 46.2 Å². The van der Waals surface area contributed by atoms with Crippen LogP contribution in [0, 0.1) is 11.7 Å². The van der Waals surface area contributed by atoms with Gasteiger partial charge in [0.2, 0.25) is 11.8 Å². The minimum Gasteiger partial charge on any atom is -0.342 e. The lowest BCUT2D eigenvalue weighted by molar-refractivity contribution is -0.141. The summed E-state index contributed by atoms with van der Waals surface area (Å²) in [5, 5.41) is 0. The van der Waals surface area contributed by atoms with Gasteiger partial charge in [0, 0.05) is 32.0 Å². The van der Waals surface area contributed by atoms with Gasteiger partial charge in [0.05, 0.1) is 18.4 Å². The zero-order valence-electron chi connectivity index (χ0n) is 16.5. The number of aromatic nitrogens is 1. The van der Waals surface area contributed by atoms with Gasteiger partial charge in [-0.3, -0.25) is 14.6 Å². The number of hydrogen-bond donors (Lipinski definition) is 0. The number of nitrogens with zero attached hydrogens (tertiary/aromatic N) is 3. The molecule has 2 fully saturated rings. The van der Waals surface area contributed by atoms with Gasteiger partial charge in [0.25, 0.3) is 0 Å². The average Bonchev–Trinajstić information content (AvgIpc) is 3.25. The van der Waals surface area contributed by atoms with Crippen LogP contribution >= 0.6 is 0 Å². The molecule has 2 aromatic rings. The summed E-state index contributed by atoms with van der Waals surface area (Å²) in [4.78, 5) is 33.9. The Morgan fingerprint density at radius 2 is 1.72 bits per heavy atom. The van der Waals surface area contributed by atoms with E-state index in [-0.39, 0.29) is 36.0 Å². The molecular weight excluding hydrogens is 369 g/mol. The van der Waals surface area contributed by atoms with E-state index in [2.05, 4.69) is 4.98 Å². The number of hydrogen-bond acceptors (Lipinski definition) is 3. The highest BCUT2D eigenvalue weighted by molar-refractivity contribution is 5.83. The smallest absolute Gasteiger partial charge is 0.227 e. The molecule has 6 heteroatoms. The molecule has 29 heavy (non-hydrogen) atoms. The number of amides is 2. The molecule has 0 spiro atoms. The van der Waals surface area contributed by atoms with Crippen LogP contribution in [0.4, 0.5) is 4.39 Å². The zero-order valence-corrected chi connectivity index (χ0v) is 16.5. The van der Waals surface area contributed by atoms with Crippen molar-refractivity contribution in [1.29, 1.82) is 0 Å². The quantitative estimate of drug-likeness (QED) is 0.798. The van der Waals surface area contributed by atoms with Gasteiger partial charge >= 0.3 is 0 Å². The van der Waals surface area contributed by atoms with Crippen LogP contribution in [0.3, 0.4) is 0 Å². The molecule has 4 rings (SSSR count). The standard InChI is InChI=1S/C23H26FN3O2/c24-20-7-5-17(6-8-20)15-22(28)26-13-1-3-19(16-26)23(29)27-14-2-4-21(27)18-9-11-25-12-10-18/h5-12,19,21H,1-4,13-16H2/t19-,21-/m0/s1. The largest absolute Gasteiger partial charge is 0.342 e. The monoisotopic (exact) mass is 395 g/mol. The maximum Gasteiger partial charge on any atom is 0.227 e. The van der Waals surface area contributed by atoms with E-state index in [9.17, 15) is 14.0 Å². The highest BCUT2D eigenvalue weighted by atomic mass is 19.1. The summed E-state index contributed by atoms with van der Waals surface area (Å²) >= 11 is 0. The molecule has 2 amide bonds. The molecule has 3 heterocycles. The van der Waals surface area contributed by atoms with E-state index < -0.39 is 0 Å². The third-order valence-electron chi connectivity index (χ3n) is 6.02. The van der Waals surface area contributed by atoms with E-state index in [0.29, 0.717) is 13.1 Å². The van der Waals surface area contributed by atoms with E-state index in [1.807, 2.05) is 17.0 Å².